The zero-order valence-electron chi connectivity index (χ0n) is 15.6. The lowest BCUT2D eigenvalue weighted by Crippen LogP contribution is -2.37. The molecule has 1 aliphatic rings. The van der Waals surface area contributed by atoms with E-state index in [0.29, 0.717) is 12.5 Å². The molecule has 140 valence electrons. The Balaban J connectivity index is 1.59. The zero-order chi connectivity index (χ0) is 17.9. The number of guanidine groups is 1. The maximum absolute atomic E-state index is 5.71. The van der Waals surface area contributed by atoms with Crippen molar-refractivity contribution in [2.45, 2.75) is 19.4 Å². The highest BCUT2D eigenvalue weighted by Crippen LogP contribution is 2.12. The molecule has 7 nitrogen and oxygen atoms in total. The van der Waals surface area contributed by atoms with Gasteiger partial charge in [0.25, 0.3) is 0 Å². The lowest BCUT2D eigenvalue weighted by Gasteiger charge is -2.14. The molecule has 1 aromatic heterocycles. The molecule has 1 atom stereocenters. The number of nitrogens with one attached hydrogen (secondary N) is 2. The van der Waals surface area contributed by atoms with Crippen molar-refractivity contribution in [3.05, 3.63) is 23.9 Å². The van der Waals surface area contributed by atoms with Crippen LogP contribution < -0.4 is 15.5 Å². The molecular weight excluding hydrogens is 318 g/mol. The molecule has 1 saturated heterocycles. The summed E-state index contributed by atoms with van der Waals surface area (Å²) in [4.78, 5) is 10.6. The highest BCUT2D eigenvalue weighted by atomic mass is 16.5. The van der Waals surface area contributed by atoms with Gasteiger partial charge in [0.05, 0.1) is 13.2 Å². The average molecular weight is 349 g/mol. The van der Waals surface area contributed by atoms with Crippen molar-refractivity contribution in [1.82, 2.24) is 15.6 Å². The van der Waals surface area contributed by atoms with Gasteiger partial charge in [0.2, 0.25) is 0 Å². The summed E-state index contributed by atoms with van der Waals surface area (Å²) in [5.41, 5.74) is 1.17. The molecule has 2 N–H and O–H groups in total. The Bertz CT molecular complexity index is 530. The molecule has 1 aromatic rings. The molecule has 0 aliphatic carbocycles. The number of hydrogen-bond acceptors (Lipinski definition) is 5. The number of hydrogen-bond donors (Lipinski definition) is 2. The molecule has 0 aromatic carbocycles. The summed E-state index contributed by atoms with van der Waals surface area (Å²) in [7, 11) is 5.76. The number of rotatable bonds is 9. The van der Waals surface area contributed by atoms with Gasteiger partial charge in [-0.05, 0) is 30.5 Å². The Labute approximate surface area is 150 Å². The summed E-state index contributed by atoms with van der Waals surface area (Å²) in [5, 5.41) is 6.64. The summed E-state index contributed by atoms with van der Waals surface area (Å²) in [5.74, 6) is 2.33. The number of ether oxygens (including phenoxy) is 2. The van der Waals surface area contributed by atoms with Crippen molar-refractivity contribution in [2.24, 2.45) is 10.9 Å². The van der Waals surface area contributed by atoms with Gasteiger partial charge in [-0.25, -0.2) is 4.98 Å². The molecule has 0 radical (unpaired) electrons. The van der Waals surface area contributed by atoms with Gasteiger partial charge in [-0.2, -0.15) is 0 Å². The summed E-state index contributed by atoms with van der Waals surface area (Å²) >= 11 is 0. The number of aliphatic imine (C=N–C) groups is 1. The molecule has 1 unspecified atom stereocenters. The van der Waals surface area contributed by atoms with Gasteiger partial charge in [0, 0.05) is 59.6 Å². The van der Waals surface area contributed by atoms with Crippen LogP contribution in [-0.4, -0.2) is 65.1 Å². The summed E-state index contributed by atoms with van der Waals surface area (Å²) in [6, 6.07) is 4.08. The monoisotopic (exact) mass is 349 g/mol. The summed E-state index contributed by atoms with van der Waals surface area (Å²) < 4.78 is 11.0. The van der Waals surface area contributed by atoms with E-state index in [0.717, 1.165) is 57.6 Å². The standard InChI is InChI=1S/C18H31N5O2/c1-19-18(21-7-4-9-24-13-16-6-10-25-14-16)22-12-15-5-8-20-17(11-15)23(2)3/h5,8,11,16H,4,6-7,9-10,12-14H2,1-3H3,(H2,19,21,22). The molecule has 1 aliphatic heterocycles. The van der Waals surface area contributed by atoms with Crippen molar-refractivity contribution in [3.63, 3.8) is 0 Å². The third-order valence-electron chi connectivity index (χ3n) is 4.09. The molecule has 1 fully saturated rings. The fourth-order valence-corrected chi connectivity index (χ4v) is 2.57. The van der Waals surface area contributed by atoms with Gasteiger partial charge in [-0.15, -0.1) is 0 Å². The summed E-state index contributed by atoms with van der Waals surface area (Å²) in [6.07, 6.45) is 3.91. The predicted molar refractivity (Wildman–Crippen MR) is 101 cm³/mol. The van der Waals surface area contributed by atoms with Crippen molar-refractivity contribution in [3.8, 4) is 0 Å². The first kappa shape index (κ1) is 19.5. The SMILES string of the molecule is CN=C(NCCCOCC1CCOC1)NCc1ccnc(N(C)C)c1. The Morgan fingerprint density at radius 1 is 1.44 bits per heavy atom. The molecule has 2 heterocycles. The van der Waals surface area contributed by atoms with E-state index in [-0.39, 0.29) is 0 Å². The largest absolute Gasteiger partial charge is 0.381 e. The van der Waals surface area contributed by atoms with E-state index in [1.165, 1.54) is 5.56 Å². The van der Waals surface area contributed by atoms with Gasteiger partial charge < -0.3 is 25.0 Å². The Morgan fingerprint density at radius 3 is 3.04 bits per heavy atom. The van der Waals surface area contributed by atoms with E-state index in [9.17, 15) is 0 Å². The first-order chi connectivity index (χ1) is 12.2. The van der Waals surface area contributed by atoms with Gasteiger partial charge >= 0.3 is 0 Å². The van der Waals surface area contributed by atoms with Crippen molar-refractivity contribution in [1.29, 1.82) is 0 Å². The van der Waals surface area contributed by atoms with Crippen molar-refractivity contribution >= 4 is 11.8 Å². The molecule has 0 saturated carbocycles. The van der Waals surface area contributed by atoms with Crippen LogP contribution in [0.3, 0.4) is 0 Å². The van der Waals surface area contributed by atoms with Crippen LogP contribution >= 0.6 is 0 Å². The lowest BCUT2D eigenvalue weighted by atomic mass is 10.1. The van der Waals surface area contributed by atoms with Crippen LogP contribution in [0.15, 0.2) is 23.3 Å². The van der Waals surface area contributed by atoms with Crippen LogP contribution in [0.5, 0.6) is 0 Å². The van der Waals surface area contributed by atoms with Crippen LogP contribution in [0.25, 0.3) is 0 Å². The number of anilines is 1. The van der Waals surface area contributed by atoms with Crippen LogP contribution in [-0.2, 0) is 16.0 Å². The third-order valence-corrected chi connectivity index (χ3v) is 4.09. The van der Waals surface area contributed by atoms with Gasteiger partial charge in [-0.1, -0.05) is 0 Å². The maximum atomic E-state index is 5.71. The Hall–Kier alpha value is -1.86. The summed E-state index contributed by atoms with van der Waals surface area (Å²) in [6.45, 7) is 4.84. The highest BCUT2D eigenvalue weighted by molar-refractivity contribution is 5.79. The smallest absolute Gasteiger partial charge is 0.191 e. The minimum absolute atomic E-state index is 0.579. The first-order valence-corrected chi connectivity index (χ1v) is 8.91. The van der Waals surface area contributed by atoms with E-state index >= 15 is 0 Å². The number of pyridine rings is 1. The van der Waals surface area contributed by atoms with E-state index in [4.69, 9.17) is 9.47 Å². The van der Waals surface area contributed by atoms with Gasteiger partial charge in [-0.3, -0.25) is 4.99 Å². The lowest BCUT2D eigenvalue weighted by molar-refractivity contribution is 0.0888. The van der Waals surface area contributed by atoms with E-state index in [2.05, 4.69) is 26.7 Å². The zero-order valence-corrected chi connectivity index (χ0v) is 15.6. The molecule has 2 rings (SSSR count). The van der Waals surface area contributed by atoms with Crippen LogP contribution in [0.2, 0.25) is 0 Å². The van der Waals surface area contributed by atoms with Crippen molar-refractivity contribution < 1.29 is 9.47 Å². The predicted octanol–water partition coefficient (Wildman–Crippen LogP) is 1.26. The average Bonchev–Trinajstić information content (AvgIpc) is 3.14. The minimum Gasteiger partial charge on any atom is -0.381 e. The highest BCUT2D eigenvalue weighted by Gasteiger charge is 2.15. The van der Waals surface area contributed by atoms with Crippen LogP contribution in [0.4, 0.5) is 5.82 Å². The second-order valence-electron chi connectivity index (χ2n) is 6.43. The molecule has 0 spiro atoms. The molecule has 7 heteroatoms. The Morgan fingerprint density at radius 2 is 2.32 bits per heavy atom. The van der Waals surface area contributed by atoms with Crippen LogP contribution in [0.1, 0.15) is 18.4 Å². The van der Waals surface area contributed by atoms with Crippen molar-refractivity contribution in [2.75, 3.05) is 59.0 Å². The molecule has 0 bridgehead atoms. The molecule has 25 heavy (non-hydrogen) atoms. The van der Waals surface area contributed by atoms with E-state index < -0.39 is 0 Å². The third kappa shape index (κ3) is 7.27. The van der Waals surface area contributed by atoms with Crippen LogP contribution in [0, 0.1) is 5.92 Å². The fraction of sp³-hybridized carbons (Fsp3) is 0.667. The molecular formula is C18H31N5O2. The van der Waals surface area contributed by atoms with E-state index in [1.807, 2.05) is 31.3 Å². The quantitative estimate of drug-likeness (QED) is 0.397. The second kappa shape index (κ2) is 10.9. The second-order valence-corrected chi connectivity index (χ2v) is 6.43. The van der Waals surface area contributed by atoms with Gasteiger partial charge in [0.1, 0.15) is 5.82 Å². The number of aromatic nitrogens is 1. The maximum Gasteiger partial charge on any atom is 0.191 e. The van der Waals surface area contributed by atoms with E-state index in [1.54, 1.807) is 7.05 Å². The minimum atomic E-state index is 0.579. The van der Waals surface area contributed by atoms with Gasteiger partial charge in [0.15, 0.2) is 5.96 Å². The topological polar surface area (TPSA) is 71.0 Å². The first-order valence-electron chi connectivity index (χ1n) is 8.91. The number of nitrogens with zero attached hydrogens (tertiary/aromatic N) is 3. The normalized spacial score (nSPS) is 17.6. The molecule has 0 amide bonds. The fourth-order valence-electron chi connectivity index (χ4n) is 2.57. The Kier molecular flexibility index (Phi) is 8.48.